The molecule has 0 aliphatic carbocycles. The van der Waals surface area contributed by atoms with Gasteiger partial charge in [-0.05, 0) is 53.3 Å². The van der Waals surface area contributed by atoms with E-state index in [1.807, 2.05) is 44.1 Å². The molecular weight excluding hydrogens is 434 g/mol. The van der Waals surface area contributed by atoms with Crippen molar-refractivity contribution in [2.75, 3.05) is 42.2 Å². The molecule has 0 spiro atoms. The molecule has 3 aliphatic heterocycles. The van der Waals surface area contributed by atoms with E-state index in [-0.39, 0.29) is 12.4 Å². The van der Waals surface area contributed by atoms with Gasteiger partial charge in [-0.25, -0.2) is 0 Å². The van der Waals surface area contributed by atoms with Gasteiger partial charge in [0.25, 0.3) is 0 Å². The van der Waals surface area contributed by atoms with Crippen LogP contribution >= 0.6 is 0 Å². The van der Waals surface area contributed by atoms with Crippen molar-refractivity contribution in [3.8, 4) is 0 Å². The highest BCUT2D eigenvalue weighted by Gasteiger charge is 2.66. The Kier molecular flexibility index (Phi) is 5.18. The van der Waals surface area contributed by atoms with E-state index < -0.39 is 16.5 Å². The van der Waals surface area contributed by atoms with E-state index in [1.54, 1.807) is 58.7 Å². The maximum Gasteiger partial charge on any atom is 0.246 e. The molecule has 3 heterocycles. The van der Waals surface area contributed by atoms with Crippen LogP contribution in [0.15, 0.2) is 67.0 Å². The van der Waals surface area contributed by atoms with Gasteiger partial charge in [-0.2, -0.15) is 15.3 Å². The summed E-state index contributed by atoms with van der Waals surface area (Å²) in [5.41, 5.74) is 1.82. The quantitative estimate of drug-likeness (QED) is 0.426. The second-order valence-corrected chi connectivity index (χ2v) is 9.06. The Balaban J connectivity index is 1.66. The fourth-order valence-electron chi connectivity index (χ4n) is 5.20. The highest BCUT2D eigenvalue weighted by Crippen LogP contribution is 2.55. The van der Waals surface area contributed by atoms with Gasteiger partial charge in [-0.15, -0.1) is 0 Å². The van der Waals surface area contributed by atoms with Crippen molar-refractivity contribution < 1.29 is 20.3 Å². The van der Waals surface area contributed by atoms with Crippen LogP contribution in [0.1, 0.15) is 23.7 Å². The summed E-state index contributed by atoms with van der Waals surface area (Å²) < 4.78 is -0.721. The van der Waals surface area contributed by atoms with Crippen LogP contribution in [-0.4, -0.2) is 65.2 Å². The zero-order valence-corrected chi connectivity index (χ0v) is 19.5. The lowest BCUT2D eigenvalue weighted by Gasteiger charge is -2.46. The van der Waals surface area contributed by atoms with Gasteiger partial charge in [0.05, 0.1) is 6.61 Å². The minimum atomic E-state index is -1.37. The average molecular weight is 465 g/mol. The zero-order valence-electron chi connectivity index (χ0n) is 19.5. The minimum absolute atomic E-state index is 0.0349. The van der Waals surface area contributed by atoms with Crippen molar-refractivity contribution in [3.05, 3.63) is 72.6 Å². The third-order valence-electron chi connectivity index (χ3n) is 6.93. The molecule has 0 amide bonds. The highest BCUT2D eigenvalue weighted by molar-refractivity contribution is 6.10. The summed E-state index contributed by atoms with van der Waals surface area (Å²) in [6, 6.07) is 12.7. The normalized spacial score (nSPS) is 23.7. The van der Waals surface area contributed by atoms with Gasteiger partial charge in [0.2, 0.25) is 17.6 Å². The number of ketones is 1. The Morgan fingerprint density at radius 3 is 2.38 bits per heavy atom. The number of Topliss-reactive ketones (excluding diaryl/α,β-unsaturated/α-hetero) is 1. The van der Waals surface area contributed by atoms with Gasteiger partial charge in [0.15, 0.2) is 5.54 Å². The number of benzene rings is 2. The first-order valence-electron chi connectivity index (χ1n) is 11.4. The standard InChI is InChI=1S/C25H30N5O4/c1-4-23-28(33)21-10-9-20-17-22(21)30(23,34)29(20)25(11-13-27(14-12-25)15-16-31)24(32)18-5-7-19(8-6-18)26(2)3/h5-14,17,23,31,33-34H,4,15-16H2,1-3H3/q+1. The van der Waals surface area contributed by atoms with Crippen molar-refractivity contribution in [1.82, 2.24) is 9.66 Å². The molecule has 2 aromatic rings. The molecule has 0 radical (unpaired) electrons. The average Bonchev–Trinajstić information content (AvgIpc) is 3.19. The van der Waals surface area contributed by atoms with Gasteiger partial charge in [-0.1, -0.05) is 6.92 Å². The number of hydrogen-bond donors (Lipinski definition) is 3. The van der Waals surface area contributed by atoms with Gasteiger partial charge < -0.3 is 14.9 Å². The molecule has 3 N–H and O–H groups in total. The first-order valence-corrected chi connectivity index (χ1v) is 11.4. The van der Waals surface area contributed by atoms with Crippen molar-refractivity contribution in [2.24, 2.45) is 0 Å². The summed E-state index contributed by atoms with van der Waals surface area (Å²) in [5.74, 6) is -0.212. The Morgan fingerprint density at radius 2 is 1.79 bits per heavy atom. The van der Waals surface area contributed by atoms with Crippen molar-refractivity contribution in [1.29, 1.82) is 0 Å². The predicted octanol–water partition coefficient (Wildman–Crippen LogP) is 3.09. The molecule has 0 saturated heterocycles. The van der Waals surface area contributed by atoms with Crippen LogP contribution in [0.2, 0.25) is 0 Å². The summed E-state index contributed by atoms with van der Waals surface area (Å²) in [4.78, 5) is 18.0. The molecular formula is C25H30N5O4+. The Hall–Kier alpha value is -3.37. The number of rotatable bonds is 7. The van der Waals surface area contributed by atoms with Crippen molar-refractivity contribution in [2.45, 2.75) is 25.0 Å². The van der Waals surface area contributed by atoms with Crippen LogP contribution in [0, 0.1) is 0 Å². The van der Waals surface area contributed by atoms with Crippen LogP contribution < -0.4 is 19.7 Å². The van der Waals surface area contributed by atoms with E-state index >= 15 is 0 Å². The molecule has 178 valence electrons. The zero-order chi connectivity index (χ0) is 24.3. The topological polar surface area (TPSA) is 90.7 Å². The molecule has 3 aliphatic rings. The second-order valence-electron chi connectivity index (χ2n) is 9.06. The monoisotopic (exact) mass is 464 g/mol. The molecule has 9 heteroatoms. The van der Waals surface area contributed by atoms with E-state index in [0.717, 1.165) is 10.8 Å². The van der Waals surface area contributed by atoms with Gasteiger partial charge in [0, 0.05) is 56.8 Å². The molecule has 5 rings (SSSR count). The Bertz CT molecular complexity index is 1160. The van der Waals surface area contributed by atoms with Crippen molar-refractivity contribution in [3.63, 3.8) is 0 Å². The van der Waals surface area contributed by atoms with E-state index in [4.69, 9.17) is 0 Å². The Morgan fingerprint density at radius 1 is 1.12 bits per heavy atom. The number of nitrogens with zero attached hydrogens (tertiary/aromatic N) is 5. The maximum atomic E-state index is 14.2. The number of β-amino-alcohol motifs (C(OH)–C–C–N with tert-alkyl or cyclic N) is 1. The third kappa shape index (κ3) is 2.91. The van der Waals surface area contributed by atoms with E-state index in [0.29, 0.717) is 35.6 Å². The molecule has 9 nitrogen and oxygen atoms in total. The first-order chi connectivity index (χ1) is 16.3. The third-order valence-corrected chi connectivity index (χ3v) is 6.93. The number of aliphatic hydroxyl groups excluding tert-OH is 1. The minimum Gasteiger partial charge on any atom is -0.395 e. The summed E-state index contributed by atoms with van der Waals surface area (Å²) in [5, 5.41) is 35.1. The SMILES string of the molecule is CCC1N(O)c2ccc3cc2[N+]1(O)N3C1(C(=O)c2ccc(N(C)C)cc2)C=CN(CCO)C=C1. The number of carbonyl (C=O) groups excluding carboxylic acids is 1. The van der Waals surface area contributed by atoms with Crippen LogP contribution in [0.4, 0.5) is 22.7 Å². The predicted molar refractivity (Wildman–Crippen MR) is 131 cm³/mol. The lowest BCUT2D eigenvalue weighted by molar-refractivity contribution is -0.133. The molecule has 2 aromatic carbocycles. The molecule has 2 bridgehead atoms. The number of fused-ring (bicyclic) bond motifs is 1. The first kappa shape index (κ1) is 22.4. The van der Waals surface area contributed by atoms with Crippen molar-refractivity contribution >= 4 is 28.5 Å². The summed E-state index contributed by atoms with van der Waals surface area (Å²) in [7, 11) is 3.88. The lowest BCUT2D eigenvalue weighted by Crippen LogP contribution is -2.73. The Labute approximate surface area is 198 Å². The van der Waals surface area contributed by atoms with Crippen LogP contribution in [0.3, 0.4) is 0 Å². The largest absolute Gasteiger partial charge is 0.395 e. The maximum absolute atomic E-state index is 14.2. The van der Waals surface area contributed by atoms with Crippen LogP contribution in [0.5, 0.6) is 0 Å². The fraction of sp³-hybridized carbons (Fsp3) is 0.320. The van der Waals surface area contributed by atoms with E-state index in [1.165, 1.54) is 0 Å². The number of aliphatic hydroxyl groups is 1. The smallest absolute Gasteiger partial charge is 0.246 e. The van der Waals surface area contributed by atoms with E-state index in [9.17, 15) is 20.3 Å². The number of hydroxylamine groups is 2. The molecule has 0 fully saturated rings. The number of hydrogen-bond acceptors (Lipinski definition) is 8. The number of carbonyl (C=O) groups is 1. The number of quaternary nitrogens is 1. The highest BCUT2D eigenvalue weighted by atomic mass is 16.6. The fourth-order valence-corrected chi connectivity index (χ4v) is 5.20. The van der Waals surface area contributed by atoms with E-state index in [2.05, 4.69) is 0 Å². The van der Waals surface area contributed by atoms with Gasteiger partial charge >= 0.3 is 0 Å². The molecule has 2 unspecified atom stereocenters. The summed E-state index contributed by atoms with van der Waals surface area (Å²) in [6.45, 7) is 2.23. The molecule has 0 saturated carbocycles. The van der Waals surface area contributed by atoms with Crippen LogP contribution in [-0.2, 0) is 0 Å². The molecule has 0 aromatic heterocycles. The van der Waals surface area contributed by atoms with Gasteiger partial charge in [0.1, 0.15) is 11.4 Å². The number of anilines is 3. The second kappa shape index (κ2) is 7.85. The summed E-state index contributed by atoms with van der Waals surface area (Å²) in [6.07, 6.45) is 6.75. The summed E-state index contributed by atoms with van der Waals surface area (Å²) >= 11 is 0. The van der Waals surface area contributed by atoms with Crippen LogP contribution in [0.25, 0.3) is 0 Å². The lowest BCUT2D eigenvalue weighted by atomic mass is 9.86. The molecule has 2 atom stereocenters. The molecule has 34 heavy (non-hydrogen) atoms. The van der Waals surface area contributed by atoms with Gasteiger partial charge in [-0.3, -0.25) is 10.0 Å².